The molecule has 0 spiro atoms. The van der Waals surface area contributed by atoms with E-state index >= 15 is 0 Å². The van der Waals surface area contributed by atoms with Crippen LogP contribution in [0.15, 0.2) is 24.3 Å². The first-order chi connectivity index (χ1) is 9.32. The van der Waals surface area contributed by atoms with Crippen molar-refractivity contribution in [3.05, 3.63) is 34.9 Å². The van der Waals surface area contributed by atoms with Gasteiger partial charge in [0.2, 0.25) is 0 Å². The molecule has 7 heteroatoms. The molecule has 0 radical (unpaired) electrons. The maximum atomic E-state index is 11.9. The number of nitrogens with one attached hydrogen (secondary N) is 1. The standard InChI is InChI=1S/C13H16ClN3O2S/c1-8(9-3-5-10(14)6-4-9)17(2)13(19)12(18)16-7-11(15)20/h3-6,8H,7H2,1-2H3,(H2,15,20)(H,16,18). The van der Waals surface area contributed by atoms with Crippen LogP contribution in [-0.2, 0) is 9.59 Å². The van der Waals surface area contributed by atoms with E-state index in [-0.39, 0.29) is 17.6 Å². The summed E-state index contributed by atoms with van der Waals surface area (Å²) in [7, 11) is 1.56. The molecule has 1 rings (SSSR count). The van der Waals surface area contributed by atoms with E-state index < -0.39 is 11.8 Å². The molecule has 0 saturated carbocycles. The molecule has 1 aromatic carbocycles. The smallest absolute Gasteiger partial charge is 0.312 e. The number of amides is 2. The lowest BCUT2D eigenvalue weighted by molar-refractivity contribution is -0.146. The van der Waals surface area contributed by atoms with Crippen LogP contribution >= 0.6 is 23.8 Å². The fraction of sp³-hybridized carbons (Fsp3) is 0.308. The van der Waals surface area contributed by atoms with Crippen LogP contribution in [0.25, 0.3) is 0 Å². The summed E-state index contributed by atoms with van der Waals surface area (Å²) >= 11 is 10.4. The van der Waals surface area contributed by atoms with Crippen molar-refractivity contribution in [3.63, 3.8) is 0 Å². The summed E-state index contributed by atoms with van der Waals surface area (Å²) < 4.78 is 0. The summed E-state index contributed by atoms with van der Waals surface area (Å²) in [6, 6.07) is 6.83. The van der Waals surface area contributed by atoms with Gasteiger partial charge in [0.05, 0.1) is 17.6 Å². The molecule has 0 aliphatic heterocycles. The molecule has 0 bridgehead atoms. The number of rotatable bonds is 4. The Hall–Kier alpha value is -1.66. The van der Waals surface area contributed by atoms with Crippen molar-refractivity contribution in [3.8, 4) is 0 Å². The van der Waals surface area contributed by atoms with E-state index in [1.165, 1.54) is 4.90 Å². The van der Waals surface area contributed by atoms with E-state index in [0.29, 0.717) is 5.02 Å². The second-order valence-electron chi connectivity index (χ2n) is 4.29. The summed E-state index contributed by atoms with van der Waals surface area (Å²) in [6.07, 6.45) is 0. The monoisotopic (exact) mass is 313 g/mol. The maximum Gasteiger partial charge on any atom is 0.312 e. The van der Waals surface area contributed by atoms with Gasteiger partial charge in [0.25, 0.3) is 0 Å². The fourth-order valence-electron chi connectivity index (χ4n) is 1.54. The molecular weight excluding hydrogens is 298 g/mol. The molecule has 108 valence electrons. The highest BCUT2D eigenvalue weighted by Gasteiger charge is 2.23. The number of carbonyl (C=O) groups excluding carboxylic acids is 2. The van der Waals surface area contributed by atoms with Crippen LogP contribution in [0.5, 0.6) is 0 Å². The van der Waals surface area contributed by atoms with Crippen LogP contribution < -0.4 is 11.1 Å². The number of likely N-dealkylation sites (N-methyl/N-ethyl adjacent to an activating group) is 1. The molecule has 5 nitrogen and oxygen atoms in total. The number of nitrogens with two attached hydrogens (primary N) is 1. The average Bonchev–Trinajstić information content (AvgIpc) is 2.43. The lowest BCUT2D eigenvalue weighted by Crippen LogP contribution is -2.44. The molecule has 20 heavy (non-hydrogen) atoms. The topological polar surface area (TPSA) is 75.4 Å². The maximum absolute atomic E-state index is 11.9. The first-order valence-electron chi connectivity index (χ1n) is 5.91. The molecule has 1 aromatic rings. The molecule has 0 aromatic heterocycles. The van der Waals surface area contributed by atoms with Crippen molar-refractivity contribution in [1.82, 2.24) is 10.2 Å². The Morgan fingerprint density at radius 3 is 2.45 bits per heavy atom. The Balaban J connectivity index is 2.70. The van der Waals surface area contributed by atoms with Gasteiger partial charge in [-0.05, 0) is 24.6 Å². The highest BCUT2D eigenvalue weighted by atomic mass is 35.5. The minimum absolute atomic E-state index is 0.00305. The highest BCUT2D eigenvalue weighted by molar-refractivity contribution is 7.80. The molecule has 3 N–H and O–H groups in total. The number of carbonyl (C=O) groups is 2. The van der Waals surface area contributed by atoms with Gasteiger partial charge in [-0.2, -0.15) is 0 Å². The average molecular weight is 314 g/mol. The molecule has 2 amide bonds. The largest absolute Gasteiger partial charge is 0.392 e. The van der Waals surface area contributed by atoms with Crippen molar-refractivity contribution in [1.29, 1.82) is 0 Å². The third kappa shape index (κ3) is 4.47. The van der Waals surface area contributed by atoms with E-state index in [1.807, 2.05) is 19.1 Å². The SMILES string of the molecule is CC(c1ccc(Cl)cc1)N(C)C(=O)C(=O)NCC(N)=S. The van der Waals surface area contributed by atoms with Crippen molar-refractivity contribution in [2.75, 3.05) is 13.6 Å². The second-order valence-corrected chi connectivity index (χ2v) is 5.25. The third-order valence-electron chi connectivity index (χ3n) is 2.87. The Kier molecular flexibility index (Phi) is 5.91. The van der Waals surface area contributed by atoms with Crippen LogP contribution in [-0.4, -0.2) is 35.3 Å². The van der Waals surface area contributed by atoms with Gasteiger partial charge < -0.3 is 16.0 Å². The van der Waals surface area contributed by atoms with Crippen molar-refractivity contribution in [2.45, 2.75) is 13.0 Å². The second kappa shape index (κ2) is 7.21. The van der Waals surface area contributed by atoms with Crippen LogP contribution in [0.3, 0.4) is 0 Å². The molecule has 0 aliphatic rings. The molecule has 0 heterocycles. The fourth-order valence-corrected chi connectivity index (χ4v) is 1.74. The summed E-state index contributed by atoms with van der Waals surface area (Å²) in [5.74, 6) is -1.38. The molecule has 0 fully saturated rings. The zero-order chi connectivity index (χ0) is 15.3. The van der Waals surface area contributed by atoms with E-state index in [1.54, 1.807) is 19.2 Å². The van der Waals surface area contributed by atoms with E-state index in [0.717, 1.165) is 5.56 Å². The molecule has 0 saturated heterocycles. The van der Waals surface area contributed by atoms with Gasteiger partial charge in [-0.25, -0.2) is 0 Å². The molecular formula is C13H16ClN3O2S. The van der Waals surface area contributed by atoms with Crippen molar-refractivity contribution < 1.29 is 9.59 Å². The van der Waals surface area contributed by atoms with Gasteiger partial charge in [-0.3, -0.25) is 9.59 Å². The normalized spacial score (nSPS) is 11.6. The number of thiocarbonyl (C=S) groups is 1. The highest BCUT2D eigenvalue weighted by Crippen LogP contribution is 2.20. The lowest BCUT2D eigenvalue weighted by atomic mass is 10.1. The van der Waals surface area contributed by atoms with Crippen LogP contribution in [0.1, 0.15) is 18.5 Å². The first kappa shape index (κ1) is 16.4. The molecule has 1 atom stereocenters. The Morgan fingerprint density at radius 1 is 1.40 bits per heavy atom. The summed E-state index contributed by atoms with van der Waals surface area (Å²) in [5, 5.41) is 2.98. The third-order valence-corrected chi connectivity index (χ3v) is 3.27. The number of nitrogens with zero attached hydrogens (tertiary/aromatic N) is 1. The number of benzene rings is 1. The van der Waals surface area contributed by atoms with Gasteiger partial charge in [0.1, 0.15) is 0 Å². The lowest BCUT2D eigenvalue weighted by Gasteiger charge is -2.24. The Morgan fingerprint density at radius 2 is 1.95 bits per heavy atom. The Labute approximate surface area is 128 Å². The van der Waals surface area contributed by atoms with Gasteiger partial charge in [0, 0.05) is 12.1 Å². The predicted octanol–water partition coefficient (Wildman–Crippen LogP) is 1.26. The van der Waals surface area contributed by atoms with Gasteiger partial charge in [-0.15, -0.1) is 0 Å². The number of halogens is 1. The van der Waals surface area contributed by atoms with Gasteiger partial charge in [0.15, 0.2) is 0 Å². The summed E-state index contributed by atoms with van der Waals surface area (Å²) in [5.41, 5.74) is 6.14. The van der Waals surface area contributed by atoms with Gasteiger partial charge in [-0.1, -0.05) is 36.0 Å². The number of hydrogen-bond donors (Lipinski definition) is 2. The van der Waals surface area contributed by atoms with E-state index in [9.17, 15) is 9.59 Å². The molecule has 0 aliphatic carbocycles. The van der Waals surface area contributed by atoms with Crippen molar-refractivity contribution >= 4 is 40.6 Å². The predicted molar refractivity (Wildman–Crippen MR) is 82.4 cm³/mol. The molecule has 1 unspecified atom stereocenters. The van der Waals surface area contributed by atoms with Gasteiger partial charge >= 0.3 is 11.8 Å². The van der Waals surface area contributed by atoms with Crippen LogP contribution in [0.2, 0.25) is 5.02 Å². The number of hydrogen-bond acceptors (Lipinski definition) is 3. The quantitative estimate of drug-likeness (QED) is 0.648. The minimum Gasteiger partial charge on any atom is -0.392 e. The van der Waals surface area contributed by atoms with E-state index in [4.69, 9.17) is 17.3 Å². The van der Waals surface area contributed by atoms with E-state index in [2.05, 4.69) is 17.5 Å². The summed E-state index contributed by atoms with van der Waals surface area (Å²) in [4.78, 5) is 25.1. The minimum atomic E-state index is -0.735. The van der Waals surface area contributed by atoms with Crippen LogP contribution in [0, 0.1) is 0 Å². The van der Waals surface area contributed by atoms with Crippen molar-refractivity contribution in [2.24, 2.45) is 5.73 Å². The van der Waals surface area contributed by atoms with Crippen LogP contribution in [0.4, 0.5) is 0 Å². The zero-order valence-corrected chi connectivity index (χ0v) is 12.8. The summed E-state index contributed by atoms with van der Waals surface area (Å²) in [6.45, 7) is 1.82. The zero-order valence-electron chi connectivity index (χ0n) is 11.2. The Bertz CT molecular complexity index is 519. The first-order valence-corrected chi connectivity index (χ1v) is 6.70.